The molecule has 0 spiro atoms. The monoisotopic (exact) mass is 289 g/mol. The lowest BCUT2D eigenvalue weighted by Crippen LogP contribution is -2.24. The van der Waals surface area contributed by atoms with E-state index in [4.69, 9.17) is 10.8 Å². The van der Waals surface area contributed by atoms with Crippen molar-refractivity contribution in [2.75, 3.05) is 0 Å². The Morgan fingerprint density at radius 3 is 2.33 bits per heavy atom. The van der Waals surface area contributed by atoms with Crippen molar-refractivity contribution in [2.24, 2.45) is 5.73 Å². The second kappa shape index (κ2) is 6.21. The molecule has 3 N–H and O–H groups in total. The van der Waals surface area contributed by atoms with Crippen LogP contribution in [0.3, 0.4) is 0 Å². The Morgan fingerprint density at radius 2 is 1.89 bits per heavy atom. The van der Waals surface area contributed by atoms with Crippen molar-refractivity contribution in [2.45, 2.75) is 25.4 Å². The molecule has 0 fully saturated rings. The van der Waals surface area contributed by atoms with Gasteiger partial charge >= 0.3 is 6.36 Å². The van der Waals surface area contributed by atoms with E-state index < -0.39 is 30.1 Å². The molecule has 0 amide bonds. The van der Waals surface area contributed by atoms with Gasteiger partial charge in [-0.2, -0.15) is 0 Å². The molecular formula is C10H12ClF4NO2. The number of nitrogens with two attached hydrogens (primary N) is 1. The van der Waals surface area contributed by atoms with Crippen LogP contribution in [0.4, 0.5) is 17.6 Å². The van der Waals surface area contributed by atoms with E-state index in [1.54, 1.807) is 0 Å². The minimum Gasteiger partial charge on any atom is -0.406 e. The third kappa shape index (κ3) is 4.67. The van der Waals surface area contributed by atoms with Gasteiger partial charge in [-0.15, -0.1) is 25.6 Å². The van der Waals surface area contributed by atoms with Gasteiger partial charge in [-0.25, -0.2) is 4.39 Å². The third-order valence-electron chi connectivity index (χ3n) is 2.08. The van der Waals surface area contributed by atoms with Crippen LogP contribution in [-0.2, 0) is 0 Å². The van der Waals surface area contributed by atoms with Crippen LogP contribution in [0.1, 0.15) is 18.5 Å². The second-order valence-corrected chi connectivity index (χ2v) is 3.50. The normalized spacial score (nSPS) is 14.6. The molecule has 0 unspecified atom stereocenters. The van der Waals surface area contributed by atoms with E-state index in [1.807, 2.05) is 0 Å². The number of alkyl halides is 3. The zero-order valence-corrected chi connectivity index (χ0v) is 10.1. The fraction of sp³-hybridized carbons (Fsp3) is 0.400. The smallest absolute Gasteiger partial charge is 0.406 e. The van der Waals surface area contributed by atoms with Gasteiger partial charge in [-0.1, -0.05) is 0 Å². The number of hydrogen-bond donors (Lipinski definition) is 2. The lowest BCUT2D eigenvalue weighted by molar-refractivity contribution is -0.274. The van der Waals surface area contributed by atoms with Crippen molar-refractivity contribution >= 4 is 12.4 Å². The summed E-state index contributed by atoms with van der Waals surface area (Å²) in [6.45, 7) is 1.31. The maximum Gasteiger partial charge on any atom is 0.573 e. The molecule has 0 radical (unpaired) electrons. The summed E-state index contributed by atoms with van der Waals surface area (Å²) in [6.07, 6.45) is -5.95. The van der Waals surface area contributed by atoms with E-state index in [1.165, 1.54) is 6.92 Å². The quantitative estimate of drug-likeness (QED) is 0.841. The highest BCUT2D eigenvalue weighted by atomic mass is 35.5. The molecule has 8 heteroatoms. The van der Waals surface area contributed by atoms with Crippen LogP contribution in [0.5, 0.6) is 5.75 Å². The molecule has 104 valence electrons. The molecule has 0 aromatic heterocycles. The summed E-state index contributed by atoms with van der Waals surface area (Å²) in [4.78, 5) is 0. The summed E-state index contributed by atoms with van der Waals surface area (Å²) in [7, 11) is 0. The second-order valence-electron chi connectivity index (χ2n) is 3.50. The van der Waals surface area contributed by atoms with Gasteiger partial charge in [0.25, 0.3) is 0 Å². The minimum atomic E-state index is -4.86. The Balaban J connectivity index is 0.00000289. The lowest BCUT2D eigenvalue weighted by Gasteiger charge is -2.17. The Kier molecular flexibility index (Phi) is 5.85. The van der Waals surface area contributed by atoms with Gasteiger partial charge in [0.15, 0.2) is 0 Å². The van der Waals surface area contributed by atoms with Gasteiger partial charge in [0.1, 0.15) is 11.6 Å². The summed E-state index contributed by atoms with van der Waals surface area (Å²) in [6, 6.07) is 1.34. The minimum absolute atomic E-state index is 0. The van der Waals surface area contributed by atoms with Gasteiger partial charge in [0.2, 0.25) is 0 Å². The van der Waals surface area contributed by atoms with Gasteiger partial charge in [-0.05, 0) is 25.1 Å². The number of hydrogen-bond acceptors (Lipinski definition) is 3. The van der Waals surface area contributed by atoms with Crippen LogP contribution in [-0.4, -0.2) is 17.6 Å². The number of aliphatic hydroxyl groups is 1. The fourth-order valence-corrected chi connectivity index (χ4v) is 1.23. The summed E-state index contributed by atoms with van der Waals surface area (Å²) in [5.41, 5.74) is 5.21. The van der Waals surface area contributed by atoms with E-state index >= 15 is 0 Å². The van der Waals surface area contributed by atoms with Crippen LogP contribution in [0.2, 0.25) is 0 Å². The first kappa shape index (κ1) is 16.9. The standard InChI is InChI=1S/C10H11F4NO2.ClH/c1-5(16)9(15)7-4-6(2-3-8(7)11)17-10(12,13)14;/h2-5,9,16H,15H2,1H3;1H/t5-,9-;/m1./s1. The zero-order chi connectivity index (χ0) is 13.2. The highest BCUT2D eigenvalue weighted by Gasteiger charge is 2.31. The van der Waals surface area contributed by atoms with Crippen LogP contribution in [0, 0.1) is 5.82 Å². The molecule has 0 aliphatic rings. The Morgan fingerprint density at radius 1 is 1.33 bits per heavy atom. The average Bonchev–Trinajstić information content (AvgIpc) is 2.17. The zero-order valence-electron chi connectivity index (χ0n) is 9.24. The van der Waals surface area contributed by atoms with Crippen LogP contribution in [0.15, 0.2) is 18.2 Å². The number of rotatable bonds is 3. The number of halogens is 5. The highest BCUT2D eigenvalue weighted by Crippen LogP contribution is 2.27. The SMILES string of the molecule is C[C@@H](O)[C@@H](N)c1cc(OC(F)(F)F)ccc1F.Cl. The summed E-state index contributed by atoms with van der Waals surface area (Å²) >= 11 is 0. The van der Waals surface area contributed by atoms with Crippen molar-refractivity contribution in [1.29, 1.82) is 0 Å². The van der Waals surface area contributed by atoms with Crippen LogP contribution >= 0.6 is 12.4 Å². The van der Waals surface area contributed by atoms with Gasteiger partial charge < -0.3 is 15.6 Å². The topological polar surface area (TPSA) is 55.5 Å². The number of benzene rings is 1. The van der Waals surface area contributed by atoms with Crippen molar-refractivity contribution in [1.82, 2.24) is 0 Å². The molecule has 0 bridgehead atoms. The Bertz CT molecular complexity index is 398. The van der Waals surface area contributed by atoms with Gasteiger partial charge in [-0.3, -0.25) is 0 Å². The number of aliphatic hydroxyl groups excluding tert-OH is 1. The first-order chi connectivity index (χ1) is 7.70. The van der Waals surface area contributed by atoms with E-state index in [0.717, 1.165) is 18.2 Å². The van der Waals surface area contributed by atoms with Crippen molar-refractivity contribution < 1.29 is 27.4 Å². The van der Waals surface area contributed by atoms with Gasteiger partial charge in [0.05, 0.1) is 12.1 Å². The van der Waals surface area contributed by atoms with Crippen molar-refractivity contribution in [3.63, 3.8) is 0 Å². The summed E-state index contributed by atoms with van der Waals surface area (Å²) < 4.78 is 52.7. The predicted molar refractivity (Wildman–Crippen MR) is 58.9 cm³/mol. The molecular weight excluding hydrogens is 278 g/mol. The molecule has 2 atom stereocenters. The highest BCUT2D eigenvalue weighted by molar-refractivity contribution is 5.85. The first-order valence-corrected chi connectivity index (χ1v) is 4.69. The lowest BCUT2D eigenvalue weighted by atomic mass is 10.0. The molecule has 0 saturated carbocycles. The van der Waals surface area contributed by atoms with Crippen molar-refractivity contribution in [3.8, 4) is 5.75 Å². The summed E-state index contributed by atoms with van der Waals surface area (Å²) in [5, 5.41) is 9.17. The largest absolute Gasteiger partial charge is 0.573 e. The molecule has 0 aliphatic heterocycles. The van der Waals surface area contributed by atoms with E-state index in [2.05, 4.69) is 4.74 Å². The maximum atomic E-state index is 13.3. The fourth-order valence-electron chi connectivity index (χ4n) is 1.23. The molecule has 0 saturated heterocycles. The molecule has 1 rings (SSSR count). The predicted octanol–water partition coefficient (Wildman–Crippen LogP) is 2.53. The molecule has 0 aliphatic carbocycles. The maximum absolute atomic E-state index is 13.3. The Labute approximate surface area is 107 Å². The van der Waals surface area contributed by atoms with E-state index in [9.17, 15) is 17.6 Å². The average molecular weight is 290 g/mol. The molecule has 1 aromatic rings. The molecule has 1 aromatic carbocycles. The molecule has 18 heavy (non-hydrogen) atoms. The van der Waals surface area contributed by atoms with E-state index in [0.29, 0.717) is 0 Å². The molecule has 3 nitrogen and oxygen atoms in total. The van der Waals surface area contributed by atoms with E-state index in [-0.39, 0.29) is 18.0 Å². The van der Waals surface area contributed by atoms with Crippen LogP contribution in [0.25, 0.3) is 0 Å². The van der Waals surface area contributed by atoms with Gasteiger partial charge in [0, 0.05) is 5.56 Å². The van der Waals surface area contributed by atoms with Crippen molar-refractivity contribution in [3.05, 3.63) is 29.6 Å². The molecule has 0 heterocycles. The first-order valence-electron chi connectivity index (χ1n) is 4.69. The third-order valence-corrected chi connectivity index (χ3v) is 2.08. The van der Waals surface area contributed by atoms with Crippen LogP contribution < -0.4 is 10.5 Å². The summed E-state index contributed by atoms with van der Waals surface area (Å²) in [5.74, 6) is -1.38. The number of ether oxygens (including phenoxy) is 1. The Hall–Kier alpha value is -1.05.